The van der Waals surface area contributed by atoms with Gasteiger partial charge in [-0.15, -0.1) is 0 Å². The molecule has 0 saturated heterocycles. The number of amides is 2. The number of hydrogen-bond acceptors (Lipinski definition) is 3. The third-order valence-corrected chi connectivity index (χ3v) is 3.65. The normalized spacial score (nSPS) is 17.5. The fourth-order valence-electron chi connectivity index (χ4n) is 2.71. The van der Waals surface area contributed by atoms with Crippen LogP contribution in [0.15, 0.2) is 24.5 Å². The number of rotatable bonds is 4. The van der Waals surface area contributed by atoms with Crippen molar-refractivity contribution in [3.05, 3.63) is 24.5 Å². The van der Waals surface area contributed by atoms with Gasteiger partial charge in [0.2, 0.25) is 0 Å². The van der Waals surface area contributed by atoms with E-state index in [4.69, 9.17) is 0 Å². The lowest BCUT2D eigenvalue weighted by atomic mass is 9.94. The minimum atomic E-state index is -0.517. The Hall–Kier alpha value is -1.62. The van der Waals surface area contributed by atoms with Gasteiger partial charge in [0.05, 0.1) is 18.0 Å². The third-order valence-electron chi connectivity index (χ3n) is 3.65. The highest BCUT2D eigenvalue weighted by atomic mass is 16.3. The van der Waals surface area contributed by atoms with E-state index in [9.17, 15) is 9.90 Å². The van der Waals surface area contributed by atoms with Gasteiger partial charge in [0.1, 0.15) is 0 Å². The van der Waals surface area contributed by atoms with E-state index in [1.54, 1.807) is 30.3 Å². The second-order valence-corrected chi connectivity index (χ2v) is 5.47. The predicted octanol–water partition coefficient (Wildman–Crippen LogP) is 2.63. The van der Waals surface area contributed by atoms with Gasteiger partial charge < -0.3 is 15.3 Å². The van der Waals surface area contributed by atoms with E-state index in [0.717, 1.165) is 25.7 Å². The van der Waals surface area contributed by atoms with E-state index in [2.05, 4.69) is 10.3 Å². The standard InChI is InChI=1S/C15H23N3O2/c1-12(19)11-18(14-7-3-2-4-8-14)15(20)17-13-6-5-9-16-10-13/h5-6,9-10,12,14,19H,2-4,7-8,11H2,1H3,(H,17,20). The molecule has 0 aliphatic heterocycles. The number of anilines is 1. The van der Waals surface area contributed by atoms with Crippen LogP contribution >= 0.6 is 0 Å². The number of hydrogen-bond donors (Lipinski definition) is 2. The molecule has 2 rings (SSSR count). The van der Waals surface area contributed by atoms with Crippen LogP contribution in [0.2, 0.25) is 0 Å². The van der Waals surface area contributed by atoms with E-state index in [1.165, 1.54) is 6.42 Å². The first-order chi connectivity index (χ1) is 9.66. The number of aromatic nitrogens is 1. The first-order valence-corrected chi connectivity index (χ1v) is 7.32. The van der Waals surface area contributed by atoms with Gasteiger partial charge in [-0.05, 0) is 31.9 Å². The molecule has 1 atom stereocenters. The number of aliphatic hydroxyl groups excluding tert-OH is 1. The Kier molecular flexibility index (Phi) is 5.35. The summed E-state index contributed by atoms with van der Waals surface area (Å²) in [5.74, 6) is 0. The number of aliphatic hydroxyl groups is 1. The van der Waals surface area contributed by atoms with Crippen LogP contribution in [0.25, 0.3) is 0 Å². The first kappa shape index (κ1) is 14.8. The van der Waals surface area contributed by atoms with Gasteiger partial charge in [-0.2, -0.15) is 0 Å². The topological polar surface area (TPSA) is 65.5 Å². The fourth-order valence-corrected chi connectivity index (χ4v) is 2.71. The highest BCUT2D eigenvalue weighted by molar-refractivity contribution is 5.89. The Morgan fingerprint density at radius 3 is 2.85 bits per heavy atom. The molecule has 1 aliphatic rings. The maximum absolute atomic E-state index is 12.4. The zero-order valence-corrected chi connectivity index (χ0v) is 12.0. The van der Waals surface area contributed by atoms with Crippen molar-refractivity contribution >= 4 is 11.7 Å². The maximum atomic E-state index is 12.4. The maximum Gasteiger partial charge on any atom is 0.322 e. The summed E-state index contributed by atoms with van der Waals surface area (Å²) in [5.41, 5.74) is 0.684. The van der Waals surface area contributed by atoms with Crippen LogP contribution in [0.3, 0.4) is 0 Å². The Morgan fingerprint density at radius 1 is 1.50 bits per heavy atom. The molecule has 1 aromatic rings. The Balaban J connectivity index is 2.03. The number of nitrogens with zero attached hydrogens (tertiary/aromatic N) is 2. The first-order valence-electron chi connectivity index (χ1n) is 7.32. The minimum Gasteiger partial charge on any atom is -0.392 e. The van der Waals surface area contributed by atoms with Gasteiger partial charge in [0.25, 0.3) is 0 Å². The third kappa shape index (κ3) is 4.20. The SMILES string of the molecule is CC(O)CN(C(=O)Nc1cccnc1)C1CCCCC1. The van der Waals surface area contributed by atoms with E-state index < -0.39 is 6.10 Å². The van der Waals surface area contributed by atoms with Gasteiger partial charge in [-0.1, -0.05) is 19.3 Å². The van der Waals surface area contributed by atoms with Crippen molar-refractivity contribution in [3.8, 4) is 0 Å². The lowest BCUT2D eigenvalue weighted by molar-refractivity contribution is 0.105. The minimum absolute atomic E-state index is 0.147. The molecule has 1 aliphatic carbocycles. The predicted molar refractivity (Wildman–Crippen MR) is 78.5 cm³/mol. The van der Waals surface area contributed by atoms with Crippen molar-refractivity contribution in [1.82, 2.24) is 9.88 Å². The van der Waals surface area contributed by atoms with Gasteiger partial charge in [0, 0.05) is 18.8 Å². The van der Waals surface area contributed by atoms with E-state index in [-0.39, 0.29) is 12.1 Å². The van der Waals surface area contributed by atoms with E-state index in [0.29, 0.717) is 12.2 Å². The summed E-state index contributed by atoms with van der Waals surface area (Å²) in [7, 11) is 0. The lowest BCUT2D eigenvalue weighted by Crippen LogP contribution is -2.47. The average Bonchev–Trinajstić information content (AvgIpc) is 2.46. The van der Waals surface area contributed by atoms with Crippen LogP contribution in [0.5, 0.6) is 0 Å². The van der Waals surface area contributed by atoms with E-state index >= 15 is 0 Å². The molecule has 5 nitrogen and oxygen atoms in total. The molecule has 2 amide bonds. The summed E-state index contributed by atoms with van der Waals surface area (Å²) >= 11 is 0. The summed E-state index contributed by atoms with van der Waals surface area (Å²) in [6.07, 6.45) is 8.37. The monoisotopic (exact) mass is 277 g/mol. The molecule has 1 fully saturated rings. The Labute approximate surface area is 120 Å². The van der Waals surface area contributed by atoms with Crippen LogP contribution in [0.1, 0.15) is 39.0 Å². The molecule has 20 heavy (non-hydrogen) atoms. The number of urea groups is 1. The Bertz CT molecular complexity index is 416. The van der Waals surface area contributed by atoms with Gasteiger partial charge in [-0.3, -0.25) is 4.98 Å². The quantitative estimate of drug-likeness (QED) is 0.889. The number of carbonyl (C=O) groups is 1. The second-order valence-electron chi connectivity index (χ2n) is 5.47. The van der Waals surface area contributed by atoms with Gasteiger partial charge in [-0.25, -0.2) is 4.79 Å². The van der Waals surface area contributed by atoms with Crippen LogP contribution < -0.4 is 5.32 Å². The molecule has 1 unspecified atom stereocenters. The fraction of sp³-hybridized carbons (Fsp3) is 0.600. The molecular formula is C15H23N3O2. The summed E-state index contributed by atoms with van der Waals surface area (Å²) in [4.78, 5) is 18.2. The Morgan fingerprint density at radius 2 is 2.25 bits per heavy atom. The number of carbonyl (C=O) groups excluding carboxylic acids is 1. The highest BCUT2D eigenvalue weighted by Gasteiger charge is 2.26. The molecule has 1 aromatic heterocycles. The zero-order valence-electron chi connectivity index (χ0n) is 12.0. The van der Waals surface area contributed by atoms with Crippen LogP contribution in [0.4, 0.5) is 10.5 Å². The summed E-state index contributed by atoms with van der Waals surface area (Å²) < 4.78 is 0. The van der Waals surface area contributed by atoms with Gasteiger partial charge in [0.15, 0.2) is 0 Å². The molecule has 0 radical (unpaired) electrons. The summed E-state index contributed by atoms with van der Waals surface area (Å²) in [6, 6.07) is 3.68. The van der Waals surface area contributed by atoms with Crippen LogP contribution in [-0.2, 0) is 0 Å². The van der Waals surface area contributed by atoms with Crippen molar-refractivity contribution in [2.75, 3.05) is 11.9 Å². The van der Waals surface area contributed by atoms with Crippen molar-refractivity contribution in [1.29, 1.82) is 0 Å². The van der Waals surface area contributed by atoms with Crippen LogP contribution in [0, 0.1) is 0 Å². The molecule has 0 spiro atoms. The van der Waals surface area contributed by atoms with E-state index in [1.807, 2.05) is 6.07 Å². The molecule has 1 heterocycles. The smallest absolute Gasteiger partial charge is 0.322 e. The molecule has 0 bridgehead atoms. The summed E-state index contributed by atoms with van der Waals surface area (Å²) in [5, 5.41) is 12.5. The molecular weight excluding hydrogens is 254 g/mol. The van der Waals surface area contributed by atoms with Crippen molar-refractivity contribution in [2.45, 2.75) is 51.2 Å². The average molecular weight is 277 g/mol. The highest BCUT2D eigenvalue weighted by Crippen LogP contribution is 2.23. The zero-order chi connectivity index (χ0) is 14.4. The molecule has 0 aromatic carbocycles. The second kappa shape index (κ2) is 7.24. The number of nitrogens with one attached hydrogen (secondary N) is 1. The molecule has 2 N–H and O–H groups in total. The van der Waals surface area contributed by atoms with Crippen LogP contribution in [-0.4, -0.2) is 39.7 Å². The summed E-state index contributed by atoms with van der Waals surface area (Å²) in [6.45, 7) is 2.09. The largest absolute Gasteiger partial charge is 0.392 e. The van der Waals surface area contributed by atoms with Gasteiger partial charge >= 0.3 is 6.03 Å². The molecule has 1 saturated carbocycles. The van der Waals surface area contributed by atoms with Crippen molar-refractivity contribution < 1.29 is 9.90 Å². The van der Waals surface area contributed by atoms with Crippen molar-refractivity contribution in [3.63, 3.8) is 0 Å². The molecule has 5 heteroatoms. The number of pyridine rings is 1. The lowest BCUT2D eigenvalue weighted by Gasteiger charge is -2.35. The van der Waals surface area contributed by atoms with Crippen molar-refractivity contribution in [2.24, 2.45) is 0 Å². The molecule has 110 valence electrons.